The number of thiazole rings is 1. The van der Waals surface area contributed by atoms with Crippen molar-refractivity contribution in [2.75, 3.05) is 10.7 Å². The monoisotopic (exact) mass is 266 g/mol. The van der Waals surface area contributed by atoms with E-state index >= 15 is 0 Å². The standard InChI is InChI=1S/C10H14N6OS/c1-2-7-8(13-5-14-9(7)16-11)12-3-6-4-18-10(17)15-6/h4-5H,2-3,11H2,1H3,(H,15,17)(H2,12,13,14,16). The highest BCUT2D eigenvalue weighted by molar-refractivity contribution is 7.07. The topological polar surface area (TPSA) is 109 Å². The van der Waals surface area contributed by atoms with Gasteiger partial charge in [0, 0.05) is 16.6 Å². The number of nitrogens with two attached hydrogens (primary N) is 1. The quantitative estimate of drug-likeness (QED) is 0.468. The van der Waals surface area contributed by atoms with Crippen molar-refractivity contribution < 1.29 is 0 Å². The number of aromatic nitrogens is 3. The summed E-state index contributed by atoms with van der Waals surface area (Å²) in [4.78, 5) is 21.9. The molecule has 0 aliphatic rings. The zero-order valence-electron chi connectivity index (χ0n) is 9.86. The summed E-state index contributed by atoms with van der Waals surface area (Å²) in [6.45, 7) is 2.50. The maximum Gasteiger partial charge on any atom is 0.304 e. The molecule has 0 aliphatic heterocycles. The van der Waals surface area contributed by atoms with Gasteiger partial charge in [-0.2, -0.15) is 0 Å². The van der Waals surface area contributed by atoms with Gasteiger partial charge in [-0.15, -0.1) is 0 Å². The average molecular weight is 266 g/mol. The van der Waals surface area contributed by atoms with Crippen molar-refractivity contribution in [3.8, 4) is 0 Å². The zero-order valence-corrected chi connectivity index (χ0v) is 10.7. The Labute approximate surface area is 107 Å². The van der Waals surface area contributed by atoms with Crippen molar-refractivity contribution in [2.45, 2.75) is 19.9 Å². The second-order valence-corrected chi connectivity index (χ2v) is 4.42. The van der Waals surface area contributed by atoms with Crippen LogP contribution in [0.25, 0.3) is 0 Å². The van der Waals surface area contributed by atoms with Crippen LogP contribution in [-0.2, 0) is 13.0 Å². The van der Waals surface area contributed by atoms with Crippen LogP contribution in [0.5, 0.6) is 0 Å². The Morgan fingerprint density at radius 1 is 1.44 bits per heavy atom. The molecule has 0 spiro atoms. The molecular weight excluding hydrogens is 252 g/mol. The Kier molecular flexibility index (Phi) is 3.90. The Bertz CT molecular complexity index is 578. The molecule has 0 saturated heterocycles. The van der Waals surface area contributed by atoms with Crippen molar-refractivity contribution in [3.63, 3.8) is 0 Å². The largest absolute Gasteiger partial charge is 0.364 e. The van der Waals surface area contributed by atoms with Crippen molar-refractivity contribution in [1.29, 1.82) is 0 Å². The van der Waals surface area contributed by atoms with E-state index in [2.05, 4.69) is 25.7 Å². The van der Waals surface area contributed by atoms with Crippen LogP contribution in [-0.4, -0.2) is 15.0 Å². The molecule has 0 radical (unpaired) electrons. The molecule has 5 N–H and O–H groups in total. The van der Waals surface area contributed by atoms with E-state index in [1.807, 2.05) is 6.92 Å². The summed E-state index contributed by atoms with van der Waals surface area (Å²) in [6, 6.07) is 0. The molecule has 2 heterocycles. The molecule has 0 amide bonds. The highest BCUT2D eigenvalue weighted by Gasteiger charge is 2.08. The Morgan fingerprint density at radius 3 is 2.83 bits per heavy atom. The lowest BCUT2D eigenvalue weighted by molar-refractivity contribution is 0.987. The first-order valence-corrected chi connectivity index (χ1v) is 6.33. The van der Waals surface area contributed by atoms with Gasteiger partial charge < -0.3 is 15.7 Å². The van der Waals surface area contributed by atoms with Gasteiger partial charge in [0.15, 0.2) is 0 Å². The zero-order chi connectivity index (χ0) is 13.0. The third kappa shape index (κ3) is 2.66. The second-order valence-electron chi connectivity index (χ2n) is 3.57. The molecular formula is C10H14N6OS. The van der Waals surface area contributed by atoms with Gasteiger partial charge in [0.1, 0.15) is 18.0 Å². The van der Waals surface area contributed by atoms with Gasteiger partial charge >= 0.3 is 4.87 Å². The first-order chi connectivity index (χ1) is 8.74. The molecule has 7 nitrogen and oxygen atoms in total. The van der Waals surface area contributed by atoms with E-state index in [1.54, 1.807) is 5.38 Å². The van der Waals surface area contributed by atoms with Crippen LogP contribution in [0.15, 0.2) is 16.5 Å². The van der Waals surface area contributed by atoms with E-state index < -0.39 is 0 Å². The van der Waals surface area contributed by atoms with Crippen LogP contribution < -0.4 is 21.5 Å². The van der Waals surface area contributed by atoms with Crippen LogP contribution in [0, 0.1) is 0 Å². The summed E-state index contributed by atoms with van der Waals surface area (Å²) in [5.41, 5.74) is 4.28. The van der Waals surface area contributed by atoms with Crippen LogP contribution in [0.2, 0.25) is 0 Å². The number of nitrogens with one attached hydrogen (secondary N) is 3. The predicted molar refractivity (Wildman–Crippen MR) is 71.5 cm³/mol. The number of aromatic amines is 1. The number of hydrogen-bond acceptors (Lipinski definition) is 7. The fraction of sp³-hybridized carbons (Fsp3) is 0.300. The number of nitrogens with zero attached hydrogens (tertiary/aromatic N) is 2. The highest BCUT2D eigenvalue weighted by atomic mass is 32.1. The SMILES string of the molecule is CCc1c(NN)ncnc1NCc1csc(=O)[nH]1. The van der Waals surface area contributed by atoms with Gasteiger partial charge in [-0.25, -0.2) is 15.8 Å². The van der Waals surface area contributed by atoms with E-state index in [-0.39, 0.29) is 4.87 Å². The minimum absolute atomic E-state index is 0.0606. The molecule has 8 heteroatoms. The Morgan fingerprint density at radius 2 is 2.22 bits per heavy atom. The van der Waals surface area contributed by atoms with Crippen molar-refractivity contribution in [3.05, 3.63) is 32.6 Å². The number of hydrazine groups is 1. The second kappa shape index (κ2) is 5.61. The maximum atomic E-state index is 11.0. The molecule has 96 valence electrons. The molecule has 0 atom stereocenters. The van der Waals surface area contributed by atoms with Crippen molar-refractivity contribution in [2.24, 2.45) is 5.84 Å². The number of H-pyrrole nitrogens is 1. The van der Waals surface area contributed by atoms with Crippen molar-refractivity contribution >= 4 is 23.0 Å². The van der Waals surface area contributed by atoms with E-state index in [0.29, 0.717) is 18.2 Å². The number of hydrogen-bond donors (Lipinski definition) is 4. The molecule has 2 aromatic heterocycles. The predicted octanol–water partition coefficient (Wildman–Crippen LogP) is 0.686. The molecule has 2 rings (SSSR count). The normalized spacial score (nSPS) is 10.3. The summed E-state index contributed by atoms with van der Waals surface area (Å²) >= 11 is 1.14. The van der Waals surface area contributed by atoms with Gasteiger partial charge in [-0.1, -0.05) is 18.3 Å². The summed E-state index contributed by atoms with van der Waals surface area (Å²) in [6.07, 6.45) is 2.19. The van der Waals surface area contributed by atoms with Gasteiger partial charge in [0.05, 0.1) is 6.54 Å². The number of anilines is 2. The fourth-order valence-electron chi connectivity index (χ4n) is 1.60. The lowest BCUT2D eigenvalue weighted by Gasteiger charge is -2.11. The minimum Gasteiger partial charge on any atom is -0.364 e. The van der Waals surface area contributed by atoms with Gasteiger partial charge in [0.25, 0.3) is 0 Å². The van der Waals surface area contributed by atoms with E-state index in [0.717, 1.165) is 29.0 Å². The summed E-state index contributed by atoms with van der Waals surface area (Å²) < 4.78 is 0. The van der Waals surface area contributed by atoms with E-state index in [4.69, 9.17) is 5.84 Å². The van der Waals surface area contributed by atoms with Crippen LogP contribution in [0.1, 0.15) is 18.2 Å². The first kappa shape index (κ1) is 12.5. The molecule has 0 saturated carbocycles. The lowest BCUT2D eigenvalue weighted by Crippen LogP contribution is -2.14. The fourth-order valence-corrected chi connectivity index (χ4v) is 2.18. The average Bonchev–Trinajstić information content (AvgIpc) is 2.81. The summed E-state index contributed by atoms with van der Waals surface area (Å²) in [7, 11) is 0. The first-order valence-electron chi connectivity index (χ1n) is 5.45. The van der Waals surface area contributed by atoms with Gasteiger partial charge in [-0.05, 0) is 6.42 Å². The molecule has 18 heavy (non-hydrogen) atoms. The maximum absolute atomic E-state index is 11.0. The Balaban J connectivity index is 2.16. The summed E-state index contributed by atoms with van der Waals surface area (Å²) in [5.74, 6) is 6.71. The van der Waals surface area contributed by atoms with Crippen molar-refractivity contribution in [1.82, 2.24) is 15.0 Å². The number of rotatable bonds is 5. The molecule has 2 aromatic rings. The smallest absolute Gasteiger partial charge is 0.304 e. The highest BCUT2D eigenvalue weighted by Crippen LogP contribution is 2.19. The third-order valence-electron chi connectivity index (χ3n) is 2.45. The molecule has 0 aliphatic carbocycles. The molecule has 0 bridgehead atoms. The van der Waals surface area contributed by atoms with E-state index in [9.17, 15) is 4.79 Å². The van der Waals surface area contributed by atoms with Gasteiger partial charge in [-0.3, -0.25) is 4.79 Å². The molecule has 0 unspecified atom stereocenters. The van der Waals surface area contributed by atoms with Gasteiger partial charge in [0.2, 0.25) is 0 Å². The molecule has 0 aromatic carbocycles. The van der Waals surface area contributed by atoms with Crippen LogP contribution in [0.4, 0.5) is 11.6 Å². The Hall–Kier alpha value is -1.93. The van der Waals surface area contributed by atoms with Crippen LogP contribution >= 0.6 is 11.3 Å². The summed E-state index contributed by atoms with van der Waals surface area (Å²) in [5, 5.41) is 4.94. The lowest BCUT2D eigenvalue weighted by atomic mass is 10.2. The number of nitrogen functional groups attached to an aromatic ring is 1. The van der Waals surface area contributed by atoms with E-state index in [1.165, 1.54) is 6.33 Å². The third-order valence-corrected chi connectivity index (χ3v) is 3.17. The van der Waals surface area contributed by atoms with Crippen LogP contribution in [0.3, 0.4) is 0 Å². The molecule has 0 fully saturated rings. The minimum atomic E-state index is -0.0606.